The lowest BCUT2D eigenvalue weighted by atomic mass is 9.97. The highest BCUT2D eigenvalue weighted by atomic mass is 19.2. The van der Waals surface area contributed by atoms with Crippen molar-refractivity contribution in [1.82, 2.24) is 15.6 Å². The van der Waals surface area contributed by atoms with Crippen LogP contribution in [0.15, 0.2) is 60.8 Å². The van der Waals surface area contributed by atoms with Crippen LogP contribution in [-0.2, 0) is 22.6 Å². The highest BCUT2D eigenvalue weighted by molar-refractivity contribution is 5.85. The number of halogens is 2. The summed E-state index contributed by atoms with van der Waals surface area (Å²) in [6, 6.07) is 13.2. The van der Waals surface area contributed by atoms with Gasteiger partial charge in [-0.05, 0) is 47.4 Å². The molecule has 2 amide bonds. The number of aromatic hydroxyl groups is 1. The van der Waals surface area contributed by atoms with Gasteiger partial charge in [-0.2, -0.15) is 0 Å². The van der Waals surface area contributed by atoms with Crippen molar-refractivity contribution in [1.29, 1.82) is 0 Å². The summed E-state index contributed by atoms with van der Waals surface area (Å²) in [6.45, 7) is 0.0318. The zero-order valence-corrected chi connectivity index (χ0v) is 17.7. The van der Waals surface area contributed by atoms with Crippen LogP contribution in [0.25, 0.3) is 0 Å². The van der Waals surface area contributed by atoms with Gasteiger partial charge in [-0.1, -0.05) is 30.3 Å². The summed E-state index contributed by atoms with van der Waals surface area (Å²) < 4.78 is 27.2. The molecule has 0 saturated heterocycles. The second-order valence-electron chi connectivity index (χ2n) is 7.47. The minimum Gasteiger partial charge on any atom is -0.508 e. The molecule has 0 spiro atoms. The van der Waals surface area contributed by atoms with Gasteiger partial charge in [-0.15, -0.1) is 0 Å². The third-order valence-electron chi connectivity index (χ3n) is 5.09. The highest BCUT2D eigenvalue weighted by Gasteiger charge is 2.23. The molecule has 0 bridgehead atoms. The number of carbonyl (C=O) groups is 2. The Morgan fingerprint density at radius 2 is 1.82 bits per heavy atom. The lowest BCUT2D eigenvalue weighted by molar-refractivity contribution is -0.123. The largest absolute Gasteiger partial charge is 0.508 e. The maximum Gasteiger partial charge on any atom is 0.229 e. The molecule has 1 atom stereocenters. The van der Waals surface area contributed by atoms with E-state index >= 15 is 0 Å². The van der Waals surface area contributed by atoms with Crippen LogP contribution in [0.1, 0.15) is 29.0 Å². The SMILES string of the molecule is Nc1ccc(CNC(=O)[C@@H](CNC(=O)CCc2ccccc2O)c2ccc(F)c(F)c2)cn1. The average Bonchev–Trinajstić information content (AvgIpc) is 2.80. The summed E-state index contributed by atoms with van der Waals surface area (Å²) in [6.07, 6.45) is 1.91. The molecular formula is C24H24F2N4O3. The third-order valence-corrected chi connectivity index (χ3v) is 5.09. The number of nitrogen functional groups attached to an aromatic ring is 1. The summed E-state index contributed by atoms with van der Waals surface area (Å²) in [5.74, 6) is -3.44. The smallest absolute Gasteiger partial charge is 0.229 e. The molecule has 5 N–H and O–H groups in total. The topological polar surface area (TPSA) is 117 Å². The number of nitrogens with two attached hydrogens (primary N) is 1. The molecule has 3 rings (SSSR count). The molecule has 0 aliphatic heterocycles. The number of hydrogen-bond donors (Lipinski definition) is 4. The number of pyridine rings is 1. The maximum absolute atomic E-state index is 13.8. The Labute approximate surface area is 189 Å². The molecule has 0 aliphatic rings. The molecule has 0 saturated carbocycles. The number of nitrogens with one attached hydrogen (secondary N) is 2. The Balaban J connectivity index is 1.65. The number of aromatic nitrogens is 1. The quantitative estimate of drug-likeness (QED) is 0.397. The Kier molecular flexibility index (Phi) is 7.91. The number of amides is 2. The lowest BCUT2D eigenvalue weighted by Crippen LogP contribution is -2.37. The van der Waals surface area contributed by atoms with Gasteiger partial charge in [0.15, 0.2) is 11.6 Å². The number of carbonyl (C=O) groups excluding carboxylic acids is 2. The summed E-state index contributed by atoms with van der Waals surface area (Å²) in [7, 11) is 0. The Bertz CT molecular complexity index is 1120. The first-order valence-corrected chi connectivity index (χ1v) is 10.3. The summed E-state index contributed by atoms with van der Waals surface area (Å²) in [5, 5.41) is 15.2. The van der Waals surface area contributed by atoms with Crippen molar-refractivity contribution in [2.45, 2.75) is 25.3 Å². The van der Waals surface area contributed by atoms with Crippen molar-refractivity contribution >= 4 is 17.6 Å². The monoisotopic (exact) mass is 454 g/mol. The van der Waals surface area contributed by atoms with E-state index in [1.54, 1.807) is 30.3 Å². The van der Waals surface area contributed by atoms with Gasteiger partial charge < -0.3 is 21.5 Å². The van der Waals surface area contributed by atoms with Crippen LogP contribution in [0.2, 0.25) is 0 Å². The van der Waals surface area contributed by atoms with Gasteiger partial charge in [0.05, 0.1) is 5.92 Å². The molecule has 3 aromatic rings. The molecule has 9 heteroatoms. The van der Waals surface area contributed by atoms with E-state index in [4.69, 9.17) is 5.73 Å². The molecule has 0 unspecified atom stereocenters. The first-order chi connectivity index (χ1) is 15.8. The van der Waals surface area contributed by atoms with Crippen LogP contribution in [0.4, 0.5) is 14.6 Å². The number of rotatable bonds is 9. The zero-order valence-electron chi connectivity index (χ0n) is 17.7. The molecule has 0 fully saturated rings. The van der Waals surface area contributed by atoms with Crippen LogP contribution >= 0.6 is 0 Å². The normalized spacial score (nSPS) is 11.6. The molecule has 1 aromatic heterocycles. The van der Waals surface area contributed by atoms with Crippen molar-refractivity contribution in [3.63, 3.8) is 0 Å². The molecule has 172 valence electrons. The lowest BCUT2D eigenvalue weighted by Gasteiger charge is -2.18. The van der Waals surface area contributed by atoms with E-state index in [1.807, 2.05) is 0 Å². The van der Waals surface area contributed by atoms with E-state index in [0.29, 0.717) is 23.4 Å². The fourth-order valence-electron chi connectivity index (χ4n) is 3.22. The molecule has 33 heavy (non-hydrogen) atoms. The Morgan fingerprint density at radius 1 is 1.03 bits per heavy atom. The summed E-state index contributed by atoms with van der Waals surface area (Å²) in [4.78, 5) is 29.2. The number of aryl methyl sites for hydroxylation is 1. The minimum atomic E-state index is -1.08. The second kappa shape index (κ2) is 11.0. The van der Waals surface area contributed by atoms with E-state index in [9.17, 15) is 23.5 Å². The predicted octanol–water partition coefficient (Wildman–Crippen LogP) is 2.80. The number of anilines is 1. The number of hydrogen-bond acceptors (Lipinski definition) is 5. The van der Waals surface area contributed by atoms with Gasteiger partial charge >= 0.3 is 0 Å². The van der Waals surface area contributed by atoms with Gasteiger partial charge in [0.25, 0.3) is 0 Å². The molecule has 1 heterocycles. The fourth-order valence-corrected chi connectivity index (χ4v) is 3.22. The minimum absolute atomic E-state index is 0.0841. The molecule has 2 aromatic carbocycles. The van der Waals surface area contributed by atoms with Crippen LogP contribution in [-0.4, -0.2) is 28.4 Å². The van der Waals surface area contributed by atoms with E-state index in [-0.39, 0.29) is 36.7 Å². The molecule has 0 radical (unpaired) electrons. The summed E-state index contributed by atoms with van der Waals surface area (Å²) >= 11 is 0. The number of phenolic OH excluding ortho intramolecular Hbond substituents is 1. The van der Waals surface area contributed by atoms with Gasteiger partial charge in [0.1, 0.15) is 11.6 Å². The molecule has 0 aliphatic carbocycles. The van der Waals surface area contributed by atoms with Crippen molar-refractivity contribution < 1.29 is 23.5 Å². The van der Waals surface area contributed by atoms with Crippen LogP contribution in [0.5, 0.6) is 5.75 Å². The Hall–Kier alpha value is -4.01. The number of benzene rings is 2. The highest BCUT2D eigenvalue weighted by Crippen LogP contribution is 2.20. The zero-order chi connectivity index (χ0) is 23.8. The predicted molar refractivity (Wildman–Crippen MR) is 119 cm³/mol. The van der Waals surface area contributed by atoms with E-state index in [0.717, 1.165) is 12.1 Å². The van der Waals surface area contributed by atoms with Gasteiger partial charge in [0.2, 0.25) is 11.8 Å². The van der Waals surface area contributed by atoms with Crippen molar-refractivity contribution in [2.24, 2.45) is 0 Å². The Morgan fingerprint density at radius 3 is 2.52 bits per heavy atom. The molecular weight excluding hydrogens is 430 g/mol. The van der Waals surface area contributed by atoms with Gasteiger partial charge in [-0.25, -0.2) is 13.8 Å². The van der Waals surface area contributed by atoms with Gasteiger partial charge in [0, 0.05) is 25.7 Å². The first-order valence-electron chi connectivity index (χ1n) is 10.3. The van der Waals surface area contributed by atoms with E-state index in [1.165, 1.54) is 18.3 Å². The van der Waals surface area contributed by atoms with E-state index < -0.39 is 23.5 Å². The second-order valence-corrected chi connectivity index (χ2v) is 7.47. The average molecular weight is 454 g/mol. The summed E-state index contributed by atoms with van der Waals surface area (Å²) in [5.41, 5.74) is 7.10. The number of nitrogens with zero attached hydrogens (tertiary/aromatic N) is 1. The van der Waals surface area contributed by atoms with Crippen molar-refractivity contribution in [2.75, 3.05) is 12.3 Å². The molecule has 7 nitrogen and oxygen atoms in total. The van der Waals surface area contributed by atoms with Crippen LogP contribution in [0, 0.1) is 11.6 Å². The third kappa shape index (κ3) is 6.73. The van der Waals surface area contributed by atoms with Crippen LogP contribution in [0.3, 0.4) is 0 Å². The number of para-hydroxylation sites is 1. The first kappa shape index (κ1) is 23.6. The van der Waals surface area contributed by atoms with Gasteiger partial charge in [-0.3, -0.25) is 9.59 Å². The standard InChI is InChI=1S/C24H24F2N4O3/c25-19-8-6-17(11-20(19)26)18(24(33)30-13-15-5-9-22(27)28-12-15)14-29-23(32)10-7-16-3-1-2-4-21(16)31/h1-6,8-9,11-12,18,31H,7,10,13-14H2,(H2,27,28)(H,29,32)(H,30,33)/t18-/m0/s1. The maximum atomic E-state index is 13.8. The van der Waals surface area contributed by atoms with E-state index in [2.05, 4.69) is 15.6 Å². The van der Waals surface area contributed by atoms with Crippen molar-refractivity contribution in [3.05, 3.63) is 89.1 Å². The van der Waals surface area contributed by atoms with Crippen molar-refractivity contribution in [3.8, 4) is 5.75 Å². The van der Waals surface area contributed by atoms with Crippen LogP contribution < -0.4 is 16.4 Å². The number of phenols is 1. The fraction of sp³-hybridized carbons (Fsp3) is 0.208.